The standard InChI is InChI=1S/C28H23N/c1-18-15-16-21-23(17-18)28(2,3)22-11-8-14-26(27(21)22)29-24-12-6-4-9-19(24)20-10-5-7-13-25(20)29/h4-17H,1-3H3. The third kappa shape index (κ3) is 2.10. The molecule has 0 N–H and O–H groups in total. The highest BCUT2D eigenvalue weighted by molar-refractivity contribution is 6.10. The summed E-state index contributed by atoms with van der Waals surface area (Å²) in [7, 11) is 0. The monoisotopic (exact) mass is 373 g/mol. The van der Waals surface area contributed by atoms with Crippen LogP contribution >= 0.6 is 0 Å². The van der Waals surface area contributed by atoms with Crippen LogP contribution in [0.25, 0.3) is 38.6 Å². The van der Waals surface area contributed by atoms with Gasteiger partial charge in [0.15, 0.2) is 0 Å². The van der Waals surface area contributed by atoms with Gasteiger partial charge in [0.1, 0.15) is 0 Å². The Labute approximate surface area is 171 Å². The maximum atomic E-state index is 2.45. The minimum absolute atomic E-state index is 0.00541. The van der Waals surface area contributed by atoms with Crippen molar-refractivity contribution in [2.24, 2.45) is 0 Å². The van der Waals surface area contributed by atoms with Gasteiger partial charge in [-0.3, -0.25) is 0 Å². The summed E-state index contributed by atoms with van der Waals surface area (Å²) in [5.74, 6) is 0. The highest BCUT2D eigenvalue weighted by Crippen LogP contribution is 2.51. The fourth-order valence-electron chi connectivity index (χ4n) is 5.25. The van der Waals surface area contributed by atoms with Crippen LogP contribution in [0.15, 0.2) is 84.9 Å². The average molecular weight is 373 g/mol. The van der Waals surface area contributed by atoms with Crippen molar-refractivity contribution < 1.29 is 0 Å². The molecule has 29 heavy (non-hydrogen) atoms. The third-order valence-corrected chi connectivity index (χ3v) is 6.65. The largest absolute Gasteiger partial charge is 0.309 e. The molecule has 0 radical (unpaired) electrons. The number of fused-ring (bicyclic) bond motifs is 6. The highest BCUT2D eigenvalue weighted by atomic mass is 15.0. The Kier molecular flexibility index (Phi) is 3.21. The number of hydrogen-bond acceptors (Lipinski definition) is 0. The molecule has 0 atom stereocenters. The SMILES string of the molecule is Cc1ccc2c(c1)C(C)(C)c1cccc(-n3c4ccccc4c4ccccc43)c1-2. The summed E-state index contributed by atoms with van der Waals surface area (Å²) < 4.78 is 2.45. The number of aryl methyl sites for hydroxylation is 1. The Morgan fingerprint density at radius 1 is 0.655 bits per heavy atom. The van der Waals surface area contributed by atoms with Crippen molar-refractivity contribution in [2.45, 2.75) is 26.2 Å². The molecule has 0 saturated heterocycles. The quantitative estimate of drug-likeness (QED) is 0.288. The summed E-state index contributed by atoms with van der Waals surface area (Å²) in [6, 6.07) is 31.2. The van der Waals surface area contributed by atoms with Gasteiger partial charge >= 0.3 is 0 Å². The van der Waals surface area contributed by atoms with Crippen molar-refractivity contribution in [1.29, 1.82) is 0 Å². The zero-order valence-electron chi connectivity index (χ0n) is 17.0. The first-order chi connectivity index (χ1) is 14.1. The van der Waals surface area contributed by atoms with E-state index < -0.39 is 0 Å². The molecule has 0 amide bonds. The van der Waals surface area contributed by atoms with Crippen LogP contribution in [-0.4, -0.2) is 4.57 Å². The Morgan fingerprint density at radius 2 is 1.31 bits per heavy atom. The van der Waals surface area contributed by atoms with Crippen LogP contribution in [0.2, 0.25) is 0 Å². The maximum absolute atomic E-state index is 2.45. The van der Waals surface area contributed by atoms with Crippen LogP contribution < -0.4 is 0 Å². The molecule has 5 aromatic rings. The molecular weight excluding hydrogens is 350 g/mol. The van der Waals surface area contributed by atoms with Gasteiger partial charge in [0.25, 0.3) is 0 Å². The van der Waals surface area contributed by atoms with Crippen LogP contribution in [0, 0.1) is 6.92 Å². The van der Waals surface area contributed by atoms with Gasteiger partial charge < -0.3 is 4.57 Å². The molecule has 1 heteroatoms. The summed E-state index contributed by atoms with van der Waals surface area (Å²) in [5.41, 5.74) is 10.7. The molecule has 1 aliphatic rings. The van der Waals surface area contributed by atoms with Gasteiger partial charge in [0, 0.05) is 21.8 Å². The minimum Gasteiger partial charge on any atom is -0.309 e. The lowest BCUT2D eigenvalue weighted by molar-refractivity contribution is 0.659. The molecule has 1 heterocycles. The second-order valence-corrected chi connectivity index (χ2v) is 8.74. The lowest BCUT2D eigenvalue weighted by Gasteiger charge is -2.22. The first-order valence-electron chi connectivity index (χ1n) is 10.3. The molecule has 0 saturated carbocycles. The first-order valence-corrected chi connectivity index (χ1v) is 10.3. The molecule has 0 spiro atoms. The first kappa shape index (κ1) is 16.6. The van der Waals surface area contributed by atoms with E-state index in [9.17, 15) is 0 Å². The molecule has 140 valence electrons. The molecule has 1 aromatic heterocycles. The Hall–Kier alpha value is -3.32. The van der Waals surface area contributed by atoms with E-state index in [-0.39, 0.29) is 5.41 Å². The summed E-state index contributed by atoms with van der Waals surface area (Å²) in [6.07, 6.45) is 0. The summed E-state index contributed by atoms with van der Waals surface area (Å²) in [6.45, 7) is 6.90. The van der Waals surface area contributed by atoms with Crippen LogP contribution in [0.1, 0.15) is 30.5 Å². The molecule has 0 fully saturated rings. The number of rotatable bonds is 1. The summed E-state index contributed by atoms with van der Waals surface area (Å²) in [5, 5.41) is 2.61. The summed E-state index contributed by atoms with van der Waals surface area (Å²) >= 11 is 0. The molecule has 0 aliphatic heterocycles. The molecule has 0 unspecified atom stereocenters. The van der Waals surface area contributed by atoms with Gasteiger partial charge in [0.2, 0.25) is 0 Å². The van der Waals surface area contributed by atoms with Gasteiger partial charge in [-0.05, 0) is 41.8 Å². The highest BCUT2D eigenvalue weighted by Gasteiger charge is 2.37. The normalized spacial score (nSPS) is 14.3. The van der Waals surface area contributed by atoms with Crippen LogP contribution in [0.3, 0.4) is 0 Å². The predicted molar refractivity (Wildman–Crippen MR) is 123 cm³/mol. The van der Waals surface area contributed by atoms with Gasteiger partial charge in [-0.1, -0.05) is 86.1 Å². The van der Waals surface area contributed by atoms with E-state index >= 15 is 0 Å². The topological polar surface area (TPSA) is 4.93 Å². The van der Waals surface area contributed by atoms with Crippen LogP contribution in [0.5, 0.6) is 0 Å². The summed E-state index contributed by atoms with van der Waals surface area (Å²) in [4.78, 5) is 0. The van der Waals surface area contributed by atoms with Crippen LogP contribution in [0.4, 0.5) is 0 Å². The van der Waals surface area contributed by atoms with Gasteiger partial charge in [0.05, 0.1) is 16.7 Å². The van der Waals surface area contributed by atoms with E-state index in [4.69, 9.17) is 0 Å². The van der Waals surface area contributed by atoms with E-state index in [2.05, 4.69) is 110 Å². The molecule has 1 nitrogen and oxygen atoms in total. The van der Waals surface area contributed by atoms with Crippen LogP contribution in [-0.2, 0) is 5.41 Å². The lowest BCUT2D eigenvalue weighted by Crippen LogP contribution is -2.15. The van der Waals surface area contributed by atoms with E-state index in [1.165, 1.54) is 55.3 Å². The van der Waals surface area contributed by atoms with Crippen molar-refractivity contribution in [1.82, 2.24) is 4.57 Å². The van der Waals surface area contributed by atoms with E-state index in [0.717, 1.165) is 0 Å². The second kappa shape index (κ2) is 5.61. The third-order valence-electron chi connectivity index (χ3n) is 6.65. The van der Waals surface area contributed by atoms with Crippen molar-refractivity contribution in [3.8, 4) is 16.8 Å². The zero-order chi connectivity index (χ0) is 19.8. The number of nitrogens with zero attached hydrogens (tertiary/aromatic N) is 1. The number of para-hydroxylation sites is 2. The molecule has 6 rings (SSSR count). The molecule has 0 bridgehead atoms. The van der Waals surface area contributed by atoms with E-state index in [1.807, 2.05) is 0 Å². The van der Waals surface area contributed by atoms with Crippen molar-refractivity contribution in [3.63, 3.8) is 0 Å². The maximum Gasteiger partial charge on any atom is 0.0543 e. The van der Waals surface area contributed by atoms with E-state index in [1.54, 1.807) is 0 Å². The second-order valence-electron chi connectivity index (χ2n) is 8.74. The number of aromatic nitrogens is 1. The Balaban J connectivity index is 1.79. The molecule has 4 aromatic carbocycles. The van der Waals surface area contributed by atoms with Crippen molar-refractivity contribution >= 4 is 21.8 Å². The van der Waals surface area contributed by atoms with Crippen molar-refractivity contribution in [2.75, 3.05) is 0 Å². The smallest absolute Gasteiger partial charge is 0.0543 e. The van der Waals surface area contributed by atoms with Gasteiger partial charge in [-0.2, -0.15) is 0 Å². The predicted octanol–water partition coefficient (Wildman–Crippen LogP) is 7.40. The van der Waals surface area contributed by atoms with Crippen molar-refractivity contribution in [3.05, 3.63) is 102 Å². The van der Waals surface area contributed by atoms with Gasteiger partial charge in [-0.15, -0.1) is 0 Å². The number of benzene rings is 4. The van der Waals surface area contributed by atoms with E-state index in [0.29, 0.717) is 0 Å². The molecule has 1 aliphatic carbocycles. The Morgan fingerprint density at radius 3 is 2.00 bits per heavy atom. The van der Waals surface area contributed by atoms with Gasteiger partial charge in [-0.25, -0.2) is 0 Å². The number of hydrogen-bond donors (Lipinski definition) is 0. The Bertz CT molecular complexity index is 1380. The lowest BCUT2D eigenvalue weighted by atomic mass is 9.82. The zero-order valence-corrected chi connectivity index (χ0v) is 17.0. The average Bonchev–Trinajstić information content (AvgIpc) is 3.18. The molecular formula is C28H23N. The fraction of sp³-hybridized carbons (Fsp3) is 0.143. The fourth-order valence-corrected chi connectivity index (χ4v) is 5.25. The minimum atomic E-state index is 0.00541.